The van der Waals surface area contributed by atoms with Crippen LogP contribution in [0.15, 0.2) is 40.8 Å². The van der Waals surface area contributed by atoms with E-state index in [4.69, 9.17) is 47.4 Å². The average Bonchev–Trinajstić information content (AvgIpc) is 3.70. The topological polar surface area (TPSA) is 130 Å². The Hall–Kier alpha value is -3.84. The summed E-state index contributed by atoms with van der Waals surface area (Å²) < 4.78 is 46.5. The van der Waals surface area contributed by atoms with Crippen LogP contribution in [0.2, 0.25) is 0 Å². The summed E-state index contributed by atoms with van der Waals surface area (Å²) in [4.78, 5) is 37.3. The molecule has 0 N–H and O–H groups in total. The molecule has 5 aliphatic heterocycles. The molecule has 1 aromatic heterocycles. The highest BCUT2D eigenvalue weighted by molar-refractivity contribution is 5.88. The molecule has 4 saturated heterocycles. The fourth-order valence-electron chi connectivity index (χ4n) is 8.25. The molecule has 6 aliphatic rings. The van der Waals surface area contributed by atoms with Crippen LogP contribution in [0.3, 0.4) is 0 Å². The smallest absolute Gasteiger partial charge is 0.308 e. The normalized spacial score (nSPS) is 31.2. The van der Waals surface area contributed by atoms with Gasteiger partial charge in [0, 0.05) is 29.2 Å². The Bertz CT molecular complexity index is 1730. The Kier molecular flexibility index (Phi) is 8.46. The second-order valence-corrected chi connectivity index (χ2v) is 13.9. The summed E-state index contributed by atoms with van der Waals surface area (Å²) in [6.45, 7) is 4.30. The standard InChI is InChI=1S/C37H42O12/c1-21-26-8-4-7-25-13-14-36(2)47-35(37(25,26)49-48-36)46-34(21)45-32(39)12-11-31(38)41-15-5-6-22-16-24-19-28(44-33(24)30(17-22)40-3)23-9-10-27-29(18-23)43-20-42-27/h9-10,16-19,21,25-26,34-35H,4-8,11-15,20H2,1-3H3/t21-,25-,26?,34-,35-,36?,37-/m1/s1. The van der Waals surface area contributed by atoms with Crippen LogP contribution >= 0.6 is 0 Å². The van der Waals surface area contributed by atoms with E-state index in [0.29, 0.717) is 47.9 Å². The van der Waals surface area contributed by atoms with Gasteiger partial charge in [0.05, 0.1) is 26.6 Å². The molecule has 5 fully saturated rings. The van der Waals surface area contributed by atoms with Crippen molar-refractivity contribution in [3.63, 3.8) is 0 Å². The second-order valence-electron chi connectivity index (χ2n) is 13.9. The van der Waals surface area contributed by atoms with Crippen LogP contribution < -0.4 is 14.2 Å². The molecule has 2 bridgehead atoms. The molecule has 7 atom stereocenters. The number of esters is 2. The molecule has 12 heteroatoms. The highest BCUT2D eigenvalue weighted by atomic mass is 17.3. The van der Waals surface area contributed by atoms with Gasteiger partial charge < -0.3 is 37.6 Å². The molecule has 0 radical (unpaired) electrons. The average molecular weight is 679 g/mol. The Morgan fingerprint density at radius 1 is 0.980 bits per heavy atom. The summed E-state index contributed by atoms with van der Waals surface area (Å²) in [7, 11) is 1.61. The summed E-state index contributed by atoms with van der Waals surface area (Å²) >= 11 is 0. The van der Waals surface area contributed by atoms with E-state index in [2.05, 4.69) is 0 Å². The maximum Gasteiger partial charge on any atom is 0.308 e. The lowest BCUT2D eigenvalue weighted by Crippen LogP contribution is -2.69. The van der Waals surface area contributed by atoms with Crippen LogP contribution in [0.4, 0.5) is 0 Å². The Balaban J connectivity index is 0.818. The molecule has 1 aliphatic carbocycles. The van der Waals surface area contributed by atoms with Gasteiger partial charge in [-0.3, -0.25) is 9.59 Å². The third-order valence-electron chi connectivity index (χ3n) is 10.8. The van der Waals surface area contributed by atoms with Gasteiger partial charge in [-0.1, -0.05) is 13.3 Å². The molecule has 12 nitrogen and oxygen atoms in total. The zero-order valence-electron chi connectivity index (χ0n) is 28.0. The number of hydrogen-bond donors (Lipinski definition) is 0. The van der Waals surface area contributed by atoms with Crippen molar-refractivity contribution in [1.82, 2.24) is 0 Å². The number of furan rings is 1. The number of carbonyl (C=O) groups excluding carboxylic acids is 2. The summed E-state index contributed by atoms with van der Waals surface area (Å²) in [6, 6.07) is 11.6. The fraction of sp³-hybridized carbons (Fsp3) is 0.568. The van der Waals surface area contributed by atoms with E-state index in [1.807, 2.05) is 50.2 Å². The molecule has 3 aromatic rings. The van der Waals surface area contributed by atoms with Crippen molar-refractivity contribution in [2.75, 3.05) is 20.5 Å². The molecular formula is C37H42O12. The number of methoxy groups -OCH3 is 1. The minimum atomic E-state index is -0.895. The number of fused-ring (bicyclic) bond motifs is 4. The van der Waals surface area contributed by atoms with E-state index in [-0.39, 0.29) is 44.0 Å². The van der Waals surface area contributed by atoms with E-state index in [0.717, 1.165) is 42.2 Å². The van der Waals surface area contributed by atoms with Crippen LogP contribution in [0, 0.1) is 17.8 Å². The van der Waals surface area contributed by atoms with Crippen molar-refractivity contribution < 1.29 is 56.9 Å². The Labute approximate surface area is 284 Å². The lowest BCUT2D eigenvalue weighted by atomic mass is 9.61. The quantitative estimate of drug-likeness (QED) is 0.130. The van der Waals surface area contributed by atoms with Crippen molar-refractivity contribution in [1.29, 1.82) is 0 Å². The van der Waals surface area contributed by atoms with Crippen molar-refractivity contribution in [2.24, 2.45) is 17.8 Å². The highest BCUT2D eigenvalue weighted by Gasteiger charge is 2.68. The molecule has 1 saturated carbocycles. The number of ether oxygens (including phenoxy) is 7. The summed E-state index contributed by atoms with van der Waals surface area (Å²) in [5, 5.41) is 0.903. The van der Waals surface area contributed by atoms with E-state index >= 15 is 0 Å². The number of carbonyl (C=O) groups is 2. The van der Waals surface area contributed by atoms with E-state index < -0.39 is 35.9 Å². The van der Waals surface area contributed by atoms with Crippen molar-refractivity contribution >= 4 is 22.9 Å². The van der Waals surface area contributed by atoms with E-state index in [1.54, 1.807) is 7.11 Å². The third-order valence-corrected chi connectivity index (χ3v) is 10.8. The number of aryl methyl sites for hydroxylation is 1. The second kappa shape index (κ2) is 12.8. The van der Waals surface area contributed by atoms with Gasteiger partial charge in [-0.05, 0) is 86.9 Å². The summed E-state index contributed by atoms with van der Waals surface area (Å²) in [5.41, 5.74) is 1.84. The minimum Gasteiger partial charge on any atom is -0.493 e. The van der Waals surface area contributed by atoms with Crippen LogP contribution in [0.5, 0.6) is 17.2 Å². The summed E-state index contributed by atoms with van der Waals surface area (Å²) in [5.74, 6) is 1.03. The zero-order valence-corrected chi connectivity index (χ0v) is 28.0. The largest absolute Gasteiger partial charge is 0.493 e. The Morgan fingerprint density at radius 3 is 2.71 bits per heavy atom. The molecule has 2 unspecified atom stereocenters. The van der Waals surface area contributed by atoms with Gasteiger partial charge in [0.25, 0.3) is 0 Å². The third kappa shape index (κ3) is 5.92. The molecular weight excluding hydrogens is 636 g/mol. The van der Waals surface area contributed by atoms with Gasteiger partial charge in [-0.15, -0.1) is 0 Å². The number of benzene rings is 2. The maximum atomic E-state index is 12.9. The van der Waals surface area contributed by atoms with Gasteiger partial charge in [0.2, 0.25) is 18.9 Å². The van der Waals surface area contributed by atoms with Gasteiger partial charge >= 0.3 is 11.9 Å². The number of rotatable bonds is 10. The van der Waals surface area contributed by atoms with Crippen LogP contribution in [0.1, 0.15) is 70.8 Å². The Morgan fingerprint density at radius 2 is 1.84 bits per heavy atom. The maximum absolute atomic E-state index is 12.9. The molecule has 262 valence electrons. The van der Waals surface area contributed by atoms with Crippen LogP contribution in [-0.4, -0.2) is 56.4 Å². The monoisotopic (exact) mass is 678 g/mol. The van der Waals surface area contributed by atoms with Crippen LogP contribution in [0.25, 0.3) is 22.3 Å². The van der Waals surface area contributed by atoms with Crippen molar-refractivity contribution in [3.8, 4) is 28.6 Å². The first-order chi connectivity index (χ1) is 23.7. The molecule has 6 heterocycles. The lowest BCUT2D eigenvalue weighted by molar-refractivity contribution is -0.575. The first-order valence-corrected chi connectivity index (χ1v) is 17.3. The van der Waals surface area contributed by atoms with Gasteiger partial charge in [0.1, 0.15) is 5.76 Å². The predicted molar refractivity (Wildman–Crippen MR) is 171 cm³/mol. The first-order valence-electron chi connectivity index (χ1n) is 17.3. The molecule has 1 spiro atoms. The van der Waals surface area contributed by atoms with Gasteiger partial charge in [-0.2, -0.15) is 0 Å². The highest BCUT2D eigenvalue weighted by Crippen LogP contribution is 2.59. The van der Waals surface area contributed by atoms with Gasteiger partial charge in [0.15, 0.2) is 34.7 Å². The zero-order chi connectivity index (χ0) is 33.8. The fourth-order valence-corrected chi connectivity index (χ4v) is 8.25. The SMILES string of the molecule is COc1cc(CCCOC(=O)CCC(=O)O[C@@H]2O[C@@H]3OC4(C)CC[C@H]5CCCC([C@H]2C)[C@]53OO4)cc2cc(-c3ccc4c(c3)OCO4)oc12. The van der Waals surface area contributed by atoms with Gasteiger partial charge in [-0.25, -0.2) is 9.78 Å². The molecule has 0 amide bonds. The van der Waals surface area contributed by atoms with Crippen LogP contribution in [-0.2, 0) is 44.7 Å². The molecule has 9 rings (SSSR count). The molecule has 49 heavy (non-hydrogen) atoms. The van der Waals surface area contributed by atoms with Crippen molar-refractivity contribution in [2.45, 2.75) is 95.6 Å². The lowest BCUT2D eigenvalue weighted by Gasteiger charge is -2.58. The molecule has 2 aromatic carbocycles. The first kappa shape index (κ1) is 32.4. The minimum absolute atomic E-state index is 0.0571. The number of hydrogen-bond acceptors (Lipinski definition) is 12. The van der Waals surface area contributed by atoms with Crippen molar-refractivity contribution in [3.05, 3.63) is 42.0 Å². The van der Waals surface area contributed by atoms with E-state index in [1.165, 1.54) is 0 Å². The van der Waals surface area contributed by atoms with E-state index in [9.17, 15) is 9.59 Å². The predicted octanol–water partition coefficient (Wildman–Crippen LogP) is 6.60. The summed E-state index contributed by atoms with van der Waals surface area (Å²) in [6.07, 6.45) is 4.23.